The number of carbonyl (C=O) groups excluding carboxylic acids is 1. The van der Waals surface area contributed by atoms with Gasteiger partial charge in [0.1, 0.15) is 17.1 Å². The van der Waals surface area contributed by atoms with E-state index in [-0.39, 0.29) is 5.91 Å². The van der Waals surface area contributed by atoms with Gasteiger partial charge < -0.3 is 14.5 Å². The van der Waals surface area contributed by atoms with Crippen LogP contribution in [0.3, 0.4) is 0 Å². The molecule has 1 aromatic heterocycles. The Kier molecular flexibility index (Phi) is 5.11. The zero-order chi connectivity index (χ0) is 19.7. The summed E-state index contributed by atoms with van der Waals surface area (Å²) in [6.07, 6.45) is 0. The van der Waals surface area contributed by atoms with E-state index in [1.807, 2.05) is 37.3 Å². The van der Waals surface area contributed by atoms with Gasteiger partial charge >= 0.3 is 0 Å². The molecule has 0 aliphatic rings. The van der Waals surface area contributed by atoms with Crippen LogP contribution in [0.4, 0.5) is 5.69 Å². The highest BCUT2D eigenvalue weighted by molar-refractivity contribution is 9.10. The van der Waals surface area contributed by atoms with Crippen LogP contribution < -0.4 is 10.1 Å². The van der Waals surface area contributed by atoms with Crippen molar-refractivity contribution in [1.82, 2.24) is 0 Å². The number of anilines is 1. The molecular formula is C22H15BrClNO3. The van der Waals surface area contributed by atoms with Gasteiger partial charge in [0, 0.05) is 21.1 Å². The Balaban J connectivity index is 1.51. The van der Waals surface area contributed by atoms with Crippen molar-refractivity contribution in [2.45, 2.75) is 6.92 Å². The van der Waals surface area contributed by atoms with Crippen molar-refractivity contribution in [2.75, 3.05) is 5.32 Å². The molecule has 6 heteroatoms. The number of hydrogen-bond donors (Lipinski definition) is 1. The quantitative estimate of drug-likeness (QED) is 0.353. The highest BCUT2D eigenvalue weighted by Crippen LogP contribution is 2.30. The first-order valence-electron chi connectivity index (χ1n) is 8.54. The minimum absolute atomic E-state index is 0.296. The first-order valence-corrected chi connectivity index (χ1v) is 9.71. The van der Waals surface area contributed by atoms with Crippen molar-refractivity contribution in [3.8, 4) is 11.5 Å². The van der Waals surface area contributed by atoms with Gasteiger partial charge in [-0.25, -0.2) is 0 Å². The van der Waals surface area contributed by atoms with Crippen LogP contribution in [0.2, 0.25) is 5.02 Å². The van der Waals surface area contributed by atoms with Gasteiger partial charge in [-0.05, 0) is 61.5 Å². The molecule has 0 spiro atoms. The van der Waals surface area contributed by atoms with E-state index in [0.717, 1.165) is 15.4 Å². The molecule has 4 aromatic rings. The predicted octanol–water partition coefficient (Wildman–Crippen LogP) is 7.20. The molecule has 0 unspecified atom stereocenters. The summed E-state index contributed by atoms with van der Waals surface area (Å²) in [6.45, 7) is 1.87. The lowest BCUT2D eigenvalue weighted by Gasteiger charge is -2.09. The number of furan rings is 1. The van der Waals surface area contributed by atoms with Crippen molar-refractivity contribution < 1.29 is 13.9 Å². The Morgan fingerprint density at radius 2 is 1.82 bits per heavy atom. The molecule has 0 bridgehead atoms. The van der Waals surface area contributed by atoms with Gasteiger partial charge in [0.15, 0.2) is 5.76 Å². The smallest absolute Gasteiger partial charge is 0.291 e. The van der Waals surface area contributed by atoms with Gasteiger partial charge in [-0.1, -0.05) is 39.7 Å². The summed E-state index contributed by atoms with van der Waals surface area (Å²) in [5.41, 5.74) is 2.11. The number of para-hydroxylation sites is 1. The maximum Gasteiger partial charge on any atom is 0.291 e. The molecule has 0 atom stereocenters. The molecule has 4 rings (SSSR count). The van der Waals surface area contributed by atoms with Crippen LogP contribution in [0.1, 0.15) is 16.1 Å². The van der Waals surface area contributed by atoms with Crippen LogP contribution in [-0.2, 0) is 0 Å². The molecule has 140 valence electrons. The second-order valence-electron chi connectivity index (χ2n) is 6.21. The van der Waals surface area contributed by atoms with Crippen LogP contribution >= 0.6 is 27.5 Å². The largest absolute Gasteiger partial charge is 0.456 e. The summed E-state index contributed by atoms with van der Waals surface area (Å²) in [5, 5.41) is 4.30. The van der Waals surface area contributed by atoms with E-state index in [2.05, 4.69) is 21.2 Å². The molecule has 1 heterocycles. The molecule has 0 saturated heterocycles. The third-order valence-electron chi connectivity index (χ3n) is 4.28. The number of fused-ring (bicyclic) bond motifs is 1. The van der Waals surface area contributed by atoms with Crippen LogP contribution in [0.15, 0.2) is 75.6 Å². The third-order valence-corrected chi connectivity index (χ3v) is 5.09. The minimum Gasteiger partial charge on any atom is -0.456 e. The van der Waals surface area contributed by atoms with Gasteiger partial charge in [0.2, 0.25) is 0 Å². The average Bonchev–Trinajstić information content (AvgIpc) is 3.01. The Hall–Kier alpha value is -2.76. The van der Waals surface area contributed by atoms with Gasteiger partial charge in [-0.15, -0.1) is 0 Å². The summed E-state index contributed by atoms with van der Waals surface area (Å²) < 4.78 is 12.4. The van der Waals surface area contributed by atoms with Crippen LogP contribution in [0.5, 0.6) is 11.5 Å². The molecule has 1 N–H and O–H groups in total. The molecular weight excluding hydrogens is 442 g/mol. The van der Waals surface area contributed by atoms with Crippen LogP contribution in [0, 0.1) is 6.92 Å². The van der Waals surface area contributed by atoms with E-state index < -0.39 is 0 Å². The first-order chi connectivity index (χ1) is 13.5. The summed E-state index contributed by atoms with van der Waals surface area (Å²) >= 11 is 9.52. The summed E-state index contributed by atoms with van der Waals surface area (Å²) in [5.74, 6) is 1.19. The van der Waals surface area contributed by atoms with E-state index in [9.17, 15) is 4.79 Å². The average molecular weight is 457 g/mol. The number of halogens is 2. The molecule has 4 nitrogen and oxygen atoms in total. The summed E-state index contributed by atoms with van der Waals surface area (Å²) in [7, 11) is 0. The Morgan fingerprint density at radius 3 is 2.57 bits per heavy atom. The van der Waals surface area contributed by atoms with Crippen molar-refractivity contribution in [3.63, 3.8) is 0 Å². The number of aryl methyl sites for hydroxylation is 1. The van der Waals surface area contributed by atoms with Crippen molar-refractivity contribution in [1.29, 1.82) is 0 Å². The number of rotatable bonds is 4. The predicted molar refractivity (Wildman–Crippen MR) is 115 cm³/mol. The van der Waals surface area contributed by atoms with Gasteiger partial charge in [0.05, 0.1) is 5.02 Å². The number of benzene rings is 3. The maximum atomic E-state index is 12.6. The lowest BCUT2D eigenvalue weighted by molar-refractivity contribution is 0.0998. The maximum absolute atomic E-state index is 12.6. The molecule has 0 saturated carbocycles. The highest BCUT2D eigenvalue weighted by Gasteiger charge is 2.18. The van der Waals surface area contributed by atoms with Crippen LogP contribution in [-0.4, -0.2) is 5.91 Å². The normalized spacial score (nSPS) is 10.8. The Morgan fingerprint density at radius 1 is 1.07 bits per heavy atom. The Bertz CT molecular complexity index is 1170. The van der Waals surface area contributed by atoms with E-state index in [0.29, 0.717) is 33.6 Å². The summed E-state index contributed by atoms with van der Waals surface area (Å²) in [4.78, 5) is 12.6. The molecule has 0 radical (unpaired) electrons. The number of hydrogen-bond acceptors (Lipinski definition) is 3. The second-order valence-corrected chi connectivity index (χ2v) is 7.53. The molecule has 28 heavy (non-hydrogen) atoms. The number of ether oxygens (including phenoxy) is 1. The van der Waals surface area contributed by atoms with Crippen molar-refractivity contribution >= 4 is 50.1 Å². The Labute approximate surface area is 175 Å². The fourth-order valence-electron chi connectivity index (χ4n) is 2.86. The van der Waals surface area contributed by atoms with Crippen molar-refractivity contribution in [3.05, 3.63) is 87.5 Å². The van der Waals surface area contributed by atoms with Crippen LogP contribution in [0.25, 0.3) is 11.0 Å². The molecule has 3 aromatic carbocycles. The molecule has 1 amide bonds. The molecule has 0 aliphatic heterocycles. The third kappa shape index (κ3) is 3.77. The van der Waals surface area contributed by atoms with Gasteiger partial charge in [-0.2, -0.15) is 0 Å². The summed E-state index contributed by atoms with van der Waals surface area (Å²) in [6, 6.07) is 20.0. The topological polar surface area (TPSA) is 51.5 Å². The molecule has 0 aliphatic carbocycles. The van der Waals surface area contributed by atoms with E-state index in [1.165, 1.54) is 0 Å². The van der Waals surface area contributed by atoms with E-state index in [4.69, 9.17) is 20.8 Å². The lowest BCUT2D eigenvalue weighted by atomic mass is 10.1. The van der Waals surface area contributed by atoms with Crippen molar-refractivity contribution in [2.24, 2.45) is 0 Å². The SMILES string of the molecule is Cc1c(C(=O)Nc2ccc(Oc3ccccc3Cl)cc2)oc2cc(Br)ccc12. The second kappa shape index (κ2) is 7.70. The molecule has 0 fully saturated rings. The first kappa shape index (κ1) is 18.6. The highest BCUT2D eigenvalue weighted by atomic mass is 79.9. The van der Waals surface area contributed by atoms with Gasteiger partial charge in [-0.3, -0.25) is 4.79 Å². The minimum atomic E-state index is -0.301. The van der Waals surface area contributed by atoms with Gasteiger partial charge in [0.25, 0.3) is 5.91 Å². The zero-order valence-corrected chi connectivity index (χ0v) is 17.2. The number of nitrogens with one attached hydrogen (secondary N) is 1. The zero-order valence-electron chi connectivity index (χ0n) is 14.8. The monoisotopic (exact) mass is 455 g/mol. The lowest BCUT2D eigenvalue weighted by Crippen LogP contribution is -2.11. The number of carbonyl (C=O) groups is 1. The van der Waals surface area contributed by atoms with E-state index in [1.54, 1.807) is 36.4 Å². The number of amides is 1. The van der Waals surface area contributed by atoms with E-state index >= 15 is 0 Å². The standard InChI is InChI=1S/C22H15BrClNO3/c1-13-17-11-6-14(23)12-20(17)28-21(13)22(26)25-15-7-9-16(10-8-15)27-19-5-3-2-4-18(19)24/h2-12H,1H3,(H,25,26). The fourth-order valence-corrected chi connectivity index (χ4v) is 3.38. The fraction of sp³-hybridized carbons (Fsp3) is 0.0455.